The van der Waals surface area contributed by atoms with Gasteiger partial charge in [-0.3, -0.25) is 9.59 Å². The van der Waals surface area contributed by atoms with E-state index in [1.807, 2.05) is 58.8 Å². The number of alkyl carbamates (subject to hydrolysis) is 1. The molecule has 0 aromatic heterocycles. The molecule has 0 unspecified atom stereocenters. The van der Waals surface area contributed by atoms with Crippen LogP contribution in [-0.2, 0) is 49.2 Å². The zero-order valence-electron chi connectivity index (χ0n) is 42.2. The van der Waals surface area contributed by atoms with Gasteiger partial charge in [0, 0.05) is 51.5 Å². The molecule has 1 amide bonds. The SMILES string of the molecule is CC[C@H]1OC(=O)[C@H](C)[C@@H](O[C@@H]2C[C@@H](C)[C@H](OC(=O)NCCc3ccc(OC)c(OC)c3)[C@](C)(O)C2)[C@H](C)[C@@H](O[C@@H]2O[C@H](C)C[C@H](N(C)C)[C@H]2O)[C@@](C)(OC)C[C@@H](C)C(=O)C[C@@H](OC)[C@]1(C)O. The average molecular weight is 939 g/mol. The molecule has 4 rings (SSSR count). The summed E-state index contributed by atoms with van der Waals surface area (Å²) in [6, 6.07) is 5.23. The highest BCUT2D eigenvalue weighted by atomic mass is 16.7. The normalized spacial score (nSPS) is 39.7. The molecule has 1 saturated carbocycles. The first-order chi connectivity index (χ1) is 30.9. The Balaban J connectivity index is 1.68. The number of hydrogen-bond acceptors (Lipinski definition) is 16. The second-order valence-corrected chi connectivity index (χ2v) is 20.0. The van der Waals surface area contributed by atoms with Crippen LogP contribution in [0.1, 0.15) is 106 Å². The number of aliphatic hydroxyl groups is 3. The summed E-state index contributed by atoms with van der Waals surface area (Å²) < 4.78 is 55.1. The third kappa shape index (κ3) is 13.1. The summed E-state index contributed by atoms with van der Waals surface area (Å²) in [5.41, 5.74) is -3.62. The Bertz CT molecular complexity index is 1740. The van der Waals surface area contributed by atoms with Crippen molar-refractivity contribution in [2.45, 2.75) is 185 Å². The number of benzene rings is 1. The quantitative estimate of drug-likeness (QED) is 0.184. The minimum atomic E-state index is -1.74. The molecule has 17 nitrogen and oxygen atoms in total. The molecule has 1 aromatic carbocycles. The van der Waals surface area contributed by atoms with Crippen molar-refractivity contribution in [3.05, 3.63) is 23.8 Å². The molecule has 1 aliphatic carbocycles. The van der Waals surface area contributed by atoms with Crippen LogP contribution in [0.5, 0.6) is 11.5 Å². The van der Waals surface area contributed by atoms with E-state index in [-0.39, 0.29) is 50.2 Å². The number of aliphatic hydroxyl groups excluding tert-OH is 1. The maximum absolute atomic E-state index is 14.5. The van der Waals surface area contributed by atoms with Gasteiger partial charge >= 0.3 is 12.1 Å². The van der Waals surface area contributed by atoms with Crippen LogP contribution in [0, 0.1) is 23.7 Å². The first-order valence-corrected chi connectivity index (χ1v) is 23.6. The predicted molar refractivity (Wildman–Crippen MR) is 245 cm³/mol. The molecular formula is C49H82N2O15. The molecule has 378 valence electrons. The van der Waals surface area contributed by atoms with Gasteiger partial charge in [-0.1, -0.05) is 33.8 Å². The number of amides is 1. The molecule has 0 bridgehead atoms. The van der Waals surface area contributed by atoms with Crippen molar-refractivity contribution >= 4 is 17.8 Å². The molecule has 2 aliphatic heterocycles. The number of esters is 1. The standard InChI is InChI=1S/C49H82N2O15/c1-16-38-49(9,57)39(60-14)24-35(52)28(3)25-48(8,61-15)43(65-45-40(53)34(51(10)11)22-29(4)62-45)30(5)41(31(6)44(54)64-38)63-33-21-27(2)42(47(7,56)26-33)66-46(55)50-20-19-32-17-18-36(58-12)37(23-32)59-13/h17-18,23,27-31,33-34,38-43,45,53,56-57H,16,19-22,24-26H2,1-15H3,(H,50,55)/t27-,28-,29-,30+,31-,33-,34+,38-,39-,40-,41+,42+,43-,45+,47-,48+,49-/m1/s1. The van der Waals surface area contributed by atoms with Crippen LogP contribution in [0.25, 0.3) is 0 Å². The van der Waals surface area contributed by atoms with Crippen LogP contribution in [0.3, 0.4) is 0 Å². The van der Waals surface area contributed by atoms with E-state index in [9.17, 15) is 29.7 Å². The molecular weight excluding hydrogens is 857 g/mol. The van der Waals surface area contributed by atoms with Crippen LogP contribution in [0.2, 0.25) is 0 Å². The van der Waals surface area contributed by atoms with E-state index in [0.29, 0.717) is 30.8 Å². The number of ketones is 1. The van der Waals surface area contributed by atoms with Gasteiger partial charge in [0.15, 0.2) is 17.8 Å². The Morgan fingerprint density at radius 3 is 2.17 bits per heavy atom. The molecule has 0 spiro atoms. The molecule has 4 N–H and O–H groups in total. The number of nitrogens with zero attached hydrogens (tertiary/aromatic N) is 1. The number of carbonyl (C=O) groups excluding carboxylic acids is 3. The molecule has 2 heterocycles. The smallest absolute Gasteiger partial charge is 0.407 e. The number of carbonyl (C=O) groups is 3. The van der Waals surface area contributed by atoms with Gasteiger partial charge in [-0.15, -0.1) is 0 Å². The second kappa shape index (κ2) is 23.5. The van der Waals surface area contributed by atoms with E-state index < -0.39 is 102 Å². The number of ether oxygens (including phenoxy) is 9. The maximum atomic E-state index is 14.5. The number of hydrogen-bond donors (Lipinski definition) is 4. The van der Waals surface area contributed by atoms with Gasteiger partial charge in [0.25, 0.3) is 0 Å². The van der Waals surface area contributed by atoms with Crippen molar-refractivity contribution in [1.29, 1.82) is 0 Å². The third-order valence-corrected chi connectivity index (χ3v) is 14.5. The van der Waals surface area contributed by atoms with Crippen LogP contribution >= 0.6 is 0 Å². The summed E-state index contributed by atoms with van der Waals surface area (Å²) in [5, 5.41) is 38.5. The number of nitrogens with one attached hydrogen (secondary N) is 1. The lowest BCUT2D eigenvalue weighted by molar-refractivity contribution is -0.304. The lowest BCUT2D eigenvalue weighted by Gasteiger charge is -2.49. The van der Waals surface area contributed by atoms with Gasteiger partial charge in [-0.05, 0) is 104 Å². The topological polar surface area (TPSA) is 210 Å². The van der Waals surface area contributed by atoms with Crippen molar-refractivity contribution in [3.63, 3.8) is 0 Å². The molecule has 17 atom stereocenters. The van der Waals surface area contributed by atoms with Crippen LogP contribution < -0.4 is 14.8 Å². The number of methoxy groups -OCH3 is 4. The Morgan fingerprint density at radius 2 is 1.59 bits per heavy atom. The van der Waals surface area contributed by atoms with Crippen molar-refractivity contribution in [2.24, 2.45) is 23.7 Å². The zero-order valence-corrected chi connectivity index (χ0v) is 42.2. The number of cyclic esters (lactones) is 1. The highest BCUT2D eigenvalue weighted by molar-refractivity contribution is 5.81. The fourth-order valence-corrected chi connectivity index (χ4v) is 10.5. The highest BCUT2D eigenvalue weighted by Crippen LogP contribution is 2.43. The molecule has 1 aromatic rings. The first kappa shape index (κ1) is 55.5. The van der Waals surface area contributed by atoms with Crippen molar-refractivity contribution < 1.29 is 72.3 Å². The highest BCUT2D eigenvalue weighted by Gasteiger charge is 2.53. The number of Topliss-reactive ketones (excluding diaryl/α,β-unsaturated/α-hetero) is 1. The summed E-state index contributed by atoms with van der Waals surface area (Å²) >= 11 is 0. The fourth-order valence-electron chi connectivity index (χ4n) is 10.5. The Morgan fingerprint density at radius 1 is 0.924 bits per heavy atom. The lowest BCUT2D eigenvalue weighted by Crippen LogP contribution is -2.61. The molecule has 17 heteroatoms. The van der Waals surface area contributed by atoms with Crippen molar-refractivity contribution in [1.82, 2.24) is 10.2 Å². The van der Waals surface area contributed by atoms with Gasteiger partial charge < -0.3 is 68.2 Å². The van der Waals surface area contributed by atoms with E-state index >= 15 is 0 Å². The average Bonchev–Trinajstić information content (AvgIpc) is 3.26. The molecule has 0 radical (unpaired) electrons. The van der Waals surface area contributed by atoms with Gasteiger partial charge in [-0.2, -0.15) is 0 Å². The second-order valence-electron chi connectivity index (χ2n) is 20.0. The van der Waals surface area contributed by atoms with Crippen LogP contribution in [0.15, 0.2) is 18.2 Å². The van der Waals surface area contributed by atoms with Gasteiger partial charge in [0.1, 0.15) is 35.3 Å². The summed E-state index contributed by atoms with van der Waals surface area (Å²) in [5.74, 6) is -2.41. The largest absolute Gasteiger partial charge is 0.493 e. The van der Waals surface area contributed by atoms with Gasteiger partial charge in [0.2, 0.25) is 0 Å². The number of likely N-dealkylation sites (N-methyl/N-ethyl adjacent to an activating group) is 1. The third-order valence-electron chi connectivity index (χ3n) is 14.5. The van der Waals surface area contributed by atoms with E-state index in [0.717, 1.165) is 5.56 Å². The molecule has 2 saturated heterocycles. The Kier molecular flexibility index (Phi) is 19.7. The minimum absolute atomic E-state index is 0.0405. The summed E-state index contributed by atoms with van der Waals surface area (Å²) in [7, 11) is 9.83. The van der Waals surface area contributed by atoms with Crippen LogP contribution in [0.4, 0.5) is 4.79 Å². The van der Waals surface area contributed by atoms with E-state index in [4.69, 9.17) is 42.6 Å². The van der Waals surface area contributed by atoms with Gasteiger partial charge in [0.05, 0.1) is 56.3 Å². The van der Waals surface area contributed by atoms with E-state index in [1.165, 1.54) is 21.1 Å². The zero-order chi connectivity index (χ0) is 49.5. The predicted octanol–water partition coefficient (Wildman–Crippen LogP) is 4.85. The van der Waals surface area contributed by atoms with Crippen molar-refractivity contribution in [3.8, 4) is 11.5 Å². The number of rotatable bonds is 14. The Labute approximate surface area is 392 Å². The summed E-state index contributed by atoms with van der Waals surface area (Å²) in [6.45, 7) is 16.1. The lowest BCUT2D eigenvalue weighted by atomic mass is 9.74. The Hall–Kier alpha value is -3.13. The molecule has 66 heavy (non-hydrogen) atoms. The van der Waals surface area contributed by atoms with Crippen molar-refractivity contribution in [2.75, 3.05) is 49.1 Å². The summed E-state index contributed by atoms with van der Waals surface area (Å²) in [4.78, 5) is 43.7. The summed E-state index contributed by atoms with van der Waals surface area (Å²) in [6.07, 6.45) is -7.04. The van der Waals surface area contributed by atoms with E-state index in [2.05, 4.69) is 5.32 Å². The maximum Gasteiger partial charge on any atom is 0.407 e. The fraction of sp³-hybridized carbons (Fsp3) is 0.816. The monoisotopic (exact) mass is 939 g/mol. The first-order valence-electron chi connectivity index (χ1n) is 23.6. The molecule has 3 fully saturated rings. The molecule has 3 aliphatic rings. The minimum Gasteiger partial charge on any atom is -0.493 e. The van der Waals surface area contributed by atoms with Crippen LogP contribution in [-0.4, -0.2) is 165 Å². The van der Waals surface area contributed by atoms with E-state index in [1.54, 1.807) is 48.0 Å². The van der Waals surface area contributed by atoms with Gasteiger partial charge in [-0.25, -0.2) is 4.79 Å².